The molecule has 1 aromatic rings. The molecule has 1 spiro atoms. The smallest absolute Gasteiger partial charge is 0.0956 e. The summed E-state index contributed by atoms with van der Waals surface area (Å²) in [5.41, 5.74) is 2.41. The summed E-state index contributed by atoms with van der Waals surface area (Å²) in [5, 5.41) is 3.63. The van der Waals surface area contributed by atoms with E-state index >= 15 is 0 Å². The van der Waals surface area contributed by atoms with Crippen LogP contribution in [0.25, 0.3) is 0 Å². The number of hydrogen-bond acceptors (Lipinski definition) is 3. The van der Waals surface area contributed by atoms with Crippen molar-refractivity contribution in [2.45, 2.75) is 37.8 Å². The third-order valence-corrected chi connectivity index (χ3v) is 4.96. The van der Waals surface area contributed by atoms with E-state index in [4.69, 9.17) is 9.47 Å². The molecule has 2 unspecified atom stereocenters. The van der Waals surface area contributed by atoms with Gasteiger partial charge in [-0.1, -0.05) is 22.0 Å². The van der Waals surface area contributed by atoms with Gasteiger partial charge in [-0.15, -0.1) is 0 Å². The maximum absolute atomic E-state index is 5.96. The van der Waals surface area contributed by atoms with Crippen LogP contribution in [0.4, 0.5) is 5.69 Å². The van der Waals surface area contributed by atoms with Crippen molar-refractivity contribution >= 4 is 21.6 Å². The molecule has 0 amide bonds. The van der Waals surface area contributed by atoms with Gasteiger partial charge >= 0.3 is 0 Å². The van der Waals surface area contributed by atoms with Crippen molar-refractivity contribution in [3.63, 3.8) is 0 Å². The van der Waals surface area contributed by atoms with Gasteiger partial charge in [0, 0.05) is 35.8 Å². The summed E-state index contributed by atoms with van der Waals surface area (Å²) in [6, 6.07) is 6.92. The van der Waals surface area contributed by atoms with E-state index in [0.717, 1.165) is 43.6 Å². The van der Waals surface area contributed by atoms with Gasteiger partial charge in [-0.2, -0.15) is 0 Å². The van der Waals surface area contributed by atoms with Crippen LogP contribution >= 0.6 is 15.9 Å². The highest BCUT2D eigenvalue weighted by atomic mass is 79.9. The van der Waals surface area contributed by atoms with Crippen molar-refractivity contribution in [3.05, 3.63) is 28.2 Å². The zero-order chi connectivity index (χ0) is 13.3. The lowest BCUT2D eigenvalue weighted by molar-refractivity contribution is -0.0828. The van der Waals surface area contributed by atoms with Crippen LogP contribution in [0.15, 0.2) is 22.7 Å². The highest BCUT2D eigenvalue weighted by molar-refractivity contribution is 9.10. The molecule has 2 saturated heterocycles. The Morgan fingerprint density at radius 1 is 1.37 bits per heavy atom. The summed E-state index contributed by atoms with van der Waals surface area (Å²) in [5.74, 6) is 0. The average Bonchev–Trinajstić information content (AvgIpc) is 2.82. The summed E-state index contributed by atoms with van der Waals surface area (Å²) in [6.07, 6.45) is 3.13. The van der Waals surface area contributed by atoms with Gasteiger partial charge in [0.1, 0.15) is 0 Å². The number of nitrogens with one attached hydrogen (secondary N) is 1. The van der Waals surface area contributed by atoms with E-state index in [2.05, 4.69) is 46.4 Å². The van der Waals surface area contributed by atoms with E-state index in [1.165, 1.54) is 11.3 Å². The van der Waals surface area contributed by atoms with Crippen LogP contribution in [0.5, 0.6) is 0 Å². The van der Waals surface area contributed by atoms with Crippen LogP contribution in [-0.4, -0.2) is 31.5 Å². The molecule has 104 valence electrons. The van der Waals surface area contributed by atoms with Crippen molar-refractivity contribution < 1.29 is 9.47 Å². The van der Waals surface area contributed by atoms with Crippen molar-refractivity contribution in [1.82, 2.24) is 0 Å². The predicted molar refractivity (Wildman–Crippen MR) is 79.6 cm³/mol. The van der Waals surface area contributed by atoms with Crippen LogP contribution in [0.3, 0.4) is 0 Å². The maximum atomic E-state index is 5.96. The molecule has 0 aromatic heterocycles. The molecule has 1 aromatic carbocycles. The zero-order valence-corrected chi connectivity index (χ0v) is 12.8. The van der Waals surface area contributed by atoms with Gasteiger partial charge in [0.2, 0.25) is 0 Å². The molecule has 2 heterocycles. The van der Waals surface area contributed by atoms with E-state index in [1.54, 1.807) is 0 Å². The lowest BCUT2D eigenvalue weighted by Crippen LogP contribution is -2.44. The lowest BCUT2D eigenvalue weighted by Gasteiger charge is -2.37. The Labute approximate surface area is 122 Å². The summed E-state index contributed by atoms with van der Waals surface area (Å²) in [7, 11) is 0. The molecule has 0 bridgehead atoms. The largest absolute Gasteiger partial charge is 0.382 e. The van der Waals surface area contributed by atoms with Crippen molar-refractivity contribution in [2.75, 3.05) is 25.1 Å². The fourth-order valence-electron chi connectivity index (χ4n) is 2.93. The fourth-order valence-corrected chi connectivity index (χ4v) is 3.31. The molecule has 2 aliphatic heterocycles. The summed E-state index contributed by atoms with van der Waals surface area (Å²) in [6.45, 7) is 4.52. The number of ether oxygens (including phenoxy) is 2. The van der Waals surface area contributed by atoms with Crippen LogP contribution < -0.4 is 5.32 Å². The first-order valence-electron chi connectivity index (χ1n) is 6.91. The highest BCUT2D eigenvalue weighted by Crippen LogP contribution is 2.34. The van der Waals surface area contributed by atoms with Crippen LogP contribution in [-0.2, 0) is 9.47 Å². The number of aryl methyl sites for hydroxylation is 1. The van der Waals surface area contributed by atoms with Gasteiger partial charge < -0.3 is 14.8 Å². The van der Waals surface area contributed by atoms with Gasteiger partial charge in [-0.25, -0.2) is 0 Å². The van der Waals surface area contributed by atoms with E-state index in [0.29, 0.717) is 6.04 Å². The molecule has 1 N–H and O–H groups in total. The van der Waals surface area contributed by atoms with E-state index in [-0.39, 0.29) is 5.60 Å². The number of rotatable bonds is 2. The molecule has 0 aliphatic carbocycles. The van der Waals surface area contributed by atoms with Gasteiger partial charge in [0.05, 0.1) is 12.2 Å². The standard InChI is InChI=1S/C15H20BrNO2/c1-11-2-3-12(8-14(11)16)17-13-4-6-19-15(9-13)5-7-18-10-15/h2-3,8,13,17H,4-7,9-10H2,1H3. The first-order chi connectivity index (χ1) is 9.17. The monoisotopic (exact) mass is 325 g/mol. The Morgan fingerprint density at radius 3 is 3.00 bits per heavy atom. The van der Waals surface area contributed by atoms with E-state index < -0.39 is 0 Å². The first kappa shape index (κ1) is 13.4. The Morgan fingerprint density at radius 2 is 2.26 bits per heavy atom. The summed E-state index contributed by atoms with van der Waals surface area (Å²) in [4.78, 5) is 0. The molecule has 0 radical (unpaired) electrons. The van der Waals surface area contributed by atoms with Crippen molar-refractivity contribution in [1.29, 1.82) is 0 Å². The van der Waals surface area contributed by atoms with Crippen LogP contribution in [0.1, 0.15) is 24.8 Å². The predicted octanol–water partition coefficient (Wildman–Crippen LogP) is 3.51. The van der Waals surface area contributed by atoms with E-state index in [1.807, 2.05) is 0 Å². The molecule has 3 rings (SSSR count). The van der Waals surface area contributed by atoms with Crippen molar-refractivity contribution in [2.24, 2.45) is 0 Å². The first-order valence-corrected chi connectivity index (χ1v) is 7.71. The van der Waals surface area contributed by atoms with Crippen LogP contribution in [0.2, 0.25) is 0 Å². The number of anilines is 1. The van der Waals surface area contributed by atoms with Crippen LogP contribution in [0, 0.1) is 6.92 Å². The summed E-state index contributed by atoms with van der Waals surface area (Å²) >= 11 is 3.59. The fraction of sp³-hybridized carbons (Fsp3) is 0.600. The third kappa shape index (κ3) is 2.96. The Balaban J connectivity index is 1.67. The number of benzene rings is 1. The molecule has 2 aliphatic rings. The minimum Gasteiger partial charge on any atom is -0.382 e. The molecular weight excluding hydrogens is 306 g/mol. The second kappa shape index (κ2) is 5.43. The lowest BCUT2D eigenvalue weighted by atomic mass is 9.89. The van der Waals surface area contributed by atoms with Gasteiger partial charge in [0.15, 0.2) is 0 Å². The van der Waals surface area contributed by atoms with Gasteiger partial charge in [0.25, 0.3) is 0 Å². The quantitative estimate of drug-likeness (QED) is 0.902. The Hall–Kier alpha value is -0.580. The topological polar surface area (TPSA) is 30.5 Å². The molecule has 4 heteroatoms. The second-order valence-electron chi connectivity index (χ2n) is 5.63. The highest BCUT2D eigenvalue weighted by Gasteiger charge is 2.40. The second-order valence-corrected chi connectivity index (χ2v) is 6.49. The molecule has 3 nitrogen and oxygen atoms in total. The van der Waals surface area contributed by atoms with Gasteiger partial charge in [-0.3, -0.25) is 0 Å². The zero-order valence-electron chi connectivity index (χ0n) is 11.2. The molecule has 0 saturated carbocycles. The van der Waals surface area contributed by atoms with E-state index in [9.17, 15) is 0 Å². The van der Waals surface area contributed by atoms with Crippen molar-refractivity contribution in [3.8, 4) is 0 Å². The Bertz CT molecular complexity index is 457. The third-order valence-electron chi connectivity index (χ3n) is 4.10. The Kier molecular flexibility index (Phi) is 3.83. The number of hydrogen-bond donors (Lipinski definition) is 1. The average molecular weight is 326 g/mol. The van der Waals surface area contributed by atoms with Gasteiger partial charge in [-0.05, 0) is 37.5 Å². The summed E-state index contributed by atoms with van der Waals surface area (Å²) < 4.78 is 12.6. The molecule has 2 atom stereocenters. The molecule has 2 fully saturated rings. The normalized spacial score (nSPS) is 30.7. The molecule has 19 heavy (non-hydrogen) atoms. The molecular formula is C15H20BrNO2. The minimum absolute atomic E-state index is 0.0299. The minimum atomic E-state index is -0.0299. The number of halogens is 1. The SMILES string of the molecule is Cc1ccc(NC2CCOC3(CCOC3)C2)cc1Br. The maximum Gasteiger partial charge on any atom is 0.0956 e.